The number of hydrogen-bond acceptors (Lipinski definition) is 4. The molecule has 0 aromatic carbocycles. The van der Waals surface area contributed by atoms with Gasteiger partial charge in [0.2, 0.25) is 0 Å². The number of rotatable bonds is 4. The van der Waals surface area contributed by atoms with E-state index in [1.807, 2.05) is 14.0 Å². The smallest absolute Gasteiger partial charge is 0.292 e. The Morgan fingerprint density at radius 1 is 1.37 bits per heavy atom. The molecule has 2 aromatic rings. The van der Waals surface area contributed by atoms with Crippen molar-refractivity contribution in [3.05, 3.63) is 47.5 Å². The molecule has 98 valence electrons. The minimum absolute atomic E-state index is 0.280. The van der Waals surface area contributed by atoms with Crippen LogP contribution >= 0.6 is 0 Å². The van der Waals surface area contributed by atoms with Crippen LogP contribution in [0.3, 0.4) is 0 Å². The molecule has 0 aliphatic carbocycles. The van der Waals surface area contributed by atoms with E-state index in [9.17, 15) is 9.59 Å². The molecule has 0 bridgehead atoms. The van der Waals surface area contributed by atoms with Crippen LogP contribution in [0.4, 0.5) is 0 Å². The molecular weight excluding hydrogens is 244 g/mol. The van der Waals surface area contributed by atoms with Crippen molar-refractivity contribution < 1.29 is 9.59 Å². The zero-order chi connectivity index (χ0) is 13.8. The van der Waals surface area contributed by atoms with Gasteiger partial charge in [0, 0.05) is 42.8 Å². The van der Waals surface area contributed by atoms with Gasteiger partial charge in [0.25, 0.3) is 11.7 Å². The Hall–Kier alpha value is -2.50. The van der Waals surface area contributed by atoms with Crippen molar-refractivity contribution in [1.29, 1.82) is 0 Å². The number of carbonyl (C=O) groups excluding carboxylic acids is 2. The summed E-state index contributed by atoms with van der Waals surface area (Å²) in [5.41, 5.74) is 2.12. The van der Waals surface area contributed by atoms with Gasteiger partial charge in [0.05, 0.1) is 6.20 Å². The van der Waals surface area contributed by atoms with Gasteiger partial charge in [-0.2, -0.15) is 5.10 Å². The molecule has 0 atom stereocenters. The highest BCUT2D eigenvalue weighted by Crippen LogP contribution is 2.05. The normalized spacial score (nSPS) is 10.2. The Morgan fingerprint density at radius 2 is 2.16 bits per heavy atom. The quantitative estimate of drug-likeness (QED) is 0.644. The van der Waals surface area contributed by atoms with Crippen LogP contribution in [0.5, 0.6) is 0 Å². The zero-order valence-corrected chi connectivity index (χ0v) is 10.8. The molecule has 6 nitrogen and oxygen atoms in total. The molecule has 0 aliphatic rings. The molecule has 2 rings (SSSR count). The van der Waals surface area contributed by atoms with Crippen LogP contribution in [0.1, 0.15) is 21.6 Å². The monoisotopic (exact) mass is 258 g/mol. The minimum atomic E-state index is -0.642. The van der Waals surface area contributed by atoms with Gasteiger partial charge in [0.15, 0.2) is 0 Å². The number of nitrogens with one attached hydrogen (secondary N) is 1. The lowest BCUT2D eigenvalue weighted by Gasteiger charge is -2.04. The Morgan fingerprint density at radius 3 is 2.74 bits per heavy atom. The van der Waals surface area contributed by atoms with E-state index < -0.39 is 11.7 Å². The van der Waals surface area contributed by atoms with Crippen LogP contribution in [-0.4, -0.2) is 26.5 Å². The highest BCUT2D eigenvalue weighted by atomic mass is 16.2. The molecule has 0 radical (unpaired) electrons. The summed E-state index contributed by atoms with van der Waals surface area (Å²) in [6, 6.07) is 3.18. The second-order valence-corrected chi connectivity index (χ2v) is 4.13. The van der Waals surface area contributed by atoms with E-state index in [0.29, 0.717) is 0 Å². The number of hydrogen-bond donors (Lipinski definition) is 1. The summed E-state index contributed by atoms with van der Waals surface area (Å²) in [6.07, 6.45) is 4.59. The first kappa shape index (κ1) is 12.9. The predicted octanol–water partition coefficient (Wildman–Crippen LogP) is 0.623. The topological polar surface area (TPSA) is 76.9 Å². The van der Waals surface area contributed by atoms with Gasteiger partial charge >= 0.3 is 0 Å². The first-order chi connectivity index (χ1) is 9.09. The molecule has 2 aromatic heterocycles. The summed E-state index contributed by atoms with van der Waals surface area (Å²) in [4.78, 5) is 27.3. The van der Waals surface area contributed by atoms with Gasteiger partial charge in [-0.05, 0) is 19.1 Å². The van der Waals surface area contributed by atoms with E-state index in [0.717, 1.165) is 11.3 Å². The maximum atomic E-state index is 11.8. The summed E-state index contributed by atoms with van der Waals surface area (Å²) in [5, 5.41) is 6.65. The number of carbonyl (C=O) groups is 2. The van der Waals surface area contributed by atoms with Gasteiger partial charge in [-0.1, -0.05) is 0 Å². The van der Waals surface area contributed by atoms with Gasteiger partial charge < -0.3 is 5.32 Å². The second-order valence-electron chi connectivity index (χ2n) is 4.13. The van der Waals surface area contributed by atoms with E-state index in [2.05, 4.69) is 15.4 Å². The summed E-state index contributed by atoms with van der Waals surface area (Å²) >= 11 is 0. The fourth-order valence-corrected chi connectivity index (χ4v) is 1.60. The summed E-state index contributed by atoms with van der Waals surface area (Å²) in [6.45, 7) is 2.18. The first-order valence-electron chi connectivity index (χ1n) is 5.79. The second kappa shape index (κ2) is 5.43. The largest absolute Gasteiger partial charge is 0.345 e. The van der Waals surface area contributed by atoms with Crippen molar-refractivity contribution >= 4 is 11.7 Å². The molecule has 1 N–H and O–H groups in total. The summed E-state index contributed by atoms with van der Waals surface area (Å²) < 4.78 is 1.71. The van der Waals surface area contributed by atoms with Crippen LogP contribution < -0.4 is 5.32 Å². The average molecular weight is 258 g/mol. The molecule has 0 unspecified atom stereocenters. The minimum Gasteiger partial charge on any atom is -0.345 e. The van der Waals surface area contributed by atoms with Crippen molar-refractivity contribution in [1.82, 2.24) is 20.1 Å². The van der Waals surface area contributed by atoms with Gasteiger partial charge in [0.1, 0.15) is 0 Å². The molecule has 0 aliphatic heterocycles. The molecule has 6 heteroatoms. The molecule has 2 heterocycles. The number of amides is 1. The van der Waals surface area contributed by atoms with Crippen molar-refractivity contribution in [3.63, 3.8) is 0 Å². The van der Waals surface area contributed by atoms with E-state index in [1.165, 1.54) is 6.20 Å². The van der Waals surface area contributed by atoms with E-state index >= 15 is 0 Å². The molecule has 1 amide bonds. The number of aryl methyl sites for hydroxylation is 1. The van der Waals surface area contributed by atoms with Crippen LogP contribution in [0.2, 0.25) is 0 Å². The molecule has 0 saturated carbocycles. The highest BCUT2D eigenvalue weighted by molar-refractivity contribution is 6.42. The van der Waals surface area contributed by atoms with E-state index in [4.69, 9.17) is 0 Å². The lowest BCUT2D eigenvalue weighted by molar-refractivity contribution is -0.117. The van der Waals surface area contributed by atoms with Crippen molar-refractivity contribution in [2.45, 2.75) is 13.5 Å². The number of nitrogens with zero attached hydrogens (tertiary/aromatic N) is 3. The first-order valence-corrected chi connectivity index (χ1v) is 5.79. The van der Waals surface area contributed by atoms with E-state index in [1.54, 1.807) is 29.2 Å². The average Bonchev–Trinajstić information content (AvgIpc) is 2.76. The number of ketones is 1. The number of aromatic nitrogens is 3. The summed E-state index contributed by atoms with van der Waals surface area (Å²) in [5.74, 6) is -1.23. The molecule has 19 heavy (non-hydrogen) atoms. The fraction of sp³-hybridized carbons (Fsp3) is 0.231. The van der Waals surface area contributed by atoms with Gasteiger partial charge in [-0.25, -0.2) is 0 Å². The van der Waals surface area contributed by atoms with Crippen LogP contribution in [0.15, 0.2) is 30.7 Å². The Kier molecular flexibility index (Phi) is 3.70. The van der Waals surface area contributed by atoms with Gasteiger partial charge in [-0.15, -0.1) is 0 Å². The lowest BCUT2D eigenvalue weighted by Crippen LogP contribution is -2.30. The zero-order valence-electron chi connectivity index (χ0n) is 10.8. The summed E-state index contributed by atoms with van der Waals surface area (Å²) in [7, 11) is 1.82. The molecule has 0 saturated heterocycles. The third-order valence-electron chi connectivity index (χ3n) is 2.91. The third kappa shape index (κ3) is 2.85. The maximum Gasteiger partial charge on any atom is 0.292 e. The highest BCUT2D eigenvalue weighted by Gasteiger charge is 2.16. The number of pyridine rings is 1. The Labute approximate surface area is 110 Å². The maximum absolute atomic E-state index is 11.8. The molecule has 0 spiro atoms. The Bertz CT molecular complexity index is 604. The number of Topliss-reactive ketones (excluding diaryl/α,β-unsaturated/α-hetero) is 1. The SMILES string of the molecule is Cc1c(CNC(=O)C(=O)c2cccnc2)cnn1C. The molecular formula is C13H14N4O2. The third-order valence-corrected chi connectivity index (χ3v) is 2.91. The van der Waals surface area contributed by atoms with Crippen molar-refractivity contribution in [2.75, 3.05) is 0 Å². The lowest BCUT2D eigenvalue weighted by atomic mass is 10.2. The Balaban J connectivity index is 1.99. The van der Waals surface area contributed by atoms with Crippen LogP contribution in [0, 0.1) is 6.92 Å². The fourth-order valence-electron chi connectivity index (χ4n) is 1.60. The van der Waals surface area contributed by atoms with Crippen LogP contribution in [0.25, 0.3) is 0 Å². The van der Waals surface area contributed by atoms with Gasteiger partial charge in [-0.3, -0.25) is 19.3 Å². The molecule has 0 fully saturated rings. The predicted molar refractivity (Wildman–Crippen MR) is 68.4 cm³/mol. The van der Waals surface area contributed by atoms with E-state index in [-0.39, 0.29) is 12.1 Å². The standard InChI is InChI=1S/C13H14N4O2/c1-9-11(8-16-17(9)2)7-15-13(19)12(18)10-4-3-5-14-6-10/h3-6,8H,7H2,1-2H3,(H,15,19). The van der Waals surface area contributed by atoms with Crippen molar-refractivity contribution in [3.8, 4) is 0 Å². The van der Waals surface area contributed by atoms with Crippen LogP contribution in [-0.2, 0) is 18.4 Å². The van der Waals surface area contributed by atoms with Crippen molar-refractivity contribution in [2.24, 2.45) is 7.05 Å².